The van der Waals surface area contributed by atoms with E-state index in [2.05, 4.69) is 5.32 Å². The summed E-state index contributed by atoms with van der Waals surface area (Å²) in [6.45, 7) is 5.52. The second-order valence-corrected chi connectivity index (χ2v) is 10.4. The molecule has 2 aromatic rings. The fourth-order valence-corrected chi connectivity index (χ4v) is 5.29. The average molecular weight is 495 g/mol. The summed E-state index contributed by atoms with van der Waals surface area (Å²) in [5.74, 6) is -1.18. The van der Waals surface area contributed by atoms with E-state index in [4.69, 9.17) is 21.1 Å². The zero-order chi connectivity index (χ0) is 24.2. The minimum absolute atomic E-state index is 0.0786. The quantitative estimate of drug-likeness (QED) is 0.593. The van der Waals surface area contributed by atoms with Crippen LogP contribution in [-0.2, 0) is 24.3 Å². The molecule has 0 aliphatic carbocycles. The van der Waals surface area contributed by atoms with E-state index in [0.29, 0.717) is 5.02 Å². The third-order valence-corrected chi connectivity index (χ3v) is 7.29. The molecule has 0 aromatic heterocycles. The Kier molecular flexibility index (Phi) is 8.12. The summed E-state index contributed by atoms with van der Waals surface area (Å²) < 4.78 is 37.9. The summed E-state index contributed by atoms with van der Waals surface area (Å²) in [5.41, 5.74) is 1.01. The Morgan fingerprint density at radius 3 is 2.24 bits per heavy atom. The molecule has 0 radical (unpaired) electrons. The molecule has 33 heavy (non-hydrogen) atoms. The molecule has 0 spiro atoms. The number of nitrogens with one attached hydrogen (secondary N) is 1. The molecule has 3 atom stereocenters. The molecule has 3 unspecified atom stereocenters. The van der Waals surface area contributed by atoms with Gasteiger partial charge in [0.15, 0.2) is 6.61 Å². The number of rotatable bonds is 7. The lowest BCUT2D eigenvalue weighted by atomic mass is 10.1. The first-order valence-corrected chi connectivity index (χ1v) is 12.4. The Morgan fingerprint density at radius 2 is 1.67 bits per heavy atom. The van der Waals surface area contributed by atoms with E-state index in [0.717, 1.165) is 5.56 Å². The Balaban J connectivity index is 1.55. The Morgan fingerprint density at radius 1 is 1.09 bits per heavy atom. The number of ether oxygens (including phenoxy) is 2. The molecular weight excluding hydrogens is 468 g/mol. The standard InChI is InChI=1S/C23H27ClN2O6S/c1-15-12-26(13-16(2)32-15)33(29,30)21-10-6-19(7-11-21)23(28)31-14-22(27)25-17(3)18-4-8-20(24)9-5-18/h4-11,15-17H,12-14H2,1-3H3,(H,25,27). The van der Waals surface area contributed by atoms with Gasteiger partial charge in [-0.2, -0.15) is 4.31 Å². The minimum Gasteiger partial charge on any atom is -0.452 e. The normalized spacial score (nSPS) is 20.1. The predicted octanol–water partition coefficient (Wildman–Crippen LogP) is 3.17. The van der Waals surface area contributed by atoms with Crippen molar-refractivity contribution >= 4 is 33.5 Å². The topological polar surface area (TPSA) is 102 Å². The van der Waals surface area contributed by atoms with Crippen molar-refractivity contribution in [1.29, 1.82) is 0 Å². The van der Waals surface area contributed by atoms with Crippen LogP contribution in [0.3, 0.4) is 0 Å². The molecule has 1 amide bonds. The number of sulfonamides is 1. The maximum Gasteiger partial charge on any atom is 0.338 e. The van der Waals surface area contributed by atoms with Crippen molar-refractivity contribution in [2.75, 3.05) is 19.7 Å². The maximum absolute atomic E-state index is 12.9. The molecule has 3 rings (SSSR count). The second kappa shape index (κ2) is 10.6. The van der Waals surface area contributed by atoms with E-state index >= 15 is 0 Å². The van der Waals surface area contributed by atoms with Crippen molar-refractivity contribution in [3.63, 3.8) is 0 Å². The number of halogens is 1. The van der Waals surface area contributed by atoms with Gasteiger partial charge in [-0.05, 0) is 62.7 Å². The van der Waals surface area contributed by atoms with Crippen molar-refractivity contribution < 1.29 is 27.5 Å². The number of morpholine rings is 1. The van der Waals surface area contributed by atoms with E-state index in [1.54, 1.807) is 31.2 Å². The van der Waals surface area contributed by atoms with Gasteiger partial charge < -0.3 is 14.8 Å². The van der Waals surface area contributed by atoms with Crippen LogP contribution >= 0.6 is 11.6 Å². The highest BCUT2D eigenvalue weighted by Gasteiger charge is 2.32. The van der Waals surface area contributed by atoms with Crippen molar-refractivity contribution in [2.24, 2.45) is 0 Å². The lowest BCUT2D eigenvalue weighted by Gasteiger charge is -2.34. The van der Waals surface area contributed by atoms with Gasteiger partial charge >= 0.3 is 5.97 Å². The number of hydrogen-bond donors (Lipinski definition) is 1. The van der Waals surface area contributed by atoms with Crippen LogP contribution in [0.5, 0.6) is 0 Å². The molecule has 1 saturated heterocycles. The van der Waals surface area contributed by atoms with Gasteiger partial charge in [0.25, 0.3) is 5.91 Å². The van der Waals surface area contributed by atoms with E-state index in [-0.39, 0.29) is 41.8 Å². The maximum atomic E-state index is 12.9. The van der Waals surface area contributed by atoms with E-state index in [1.165, 1.54) is 28.6 Å². The smallest absolute Gasteiger partial charge is 0.338 e. The minimum atomic E-state index is -3.71. The molecule has 1 aliphatic rings. The fraction of sp³-hybridized carbons (Fsp3) is 0.391. The molecule has 8 nitrogen and oxygen atoms in total. The summed E-state index contributed by atoms with van der Waals surface area (Å²) >= 11 is 5.86. The number of benzene rings is 2. The SMILES string of the molecule is CC1CN(S(=O)(=O)c2ccc(C(=O)OCC(=O)NC(C)c3ccc(Cl)cc3)cc2)CC(C)O1. The number of nitrogens with zero attached hydrogens (tertiary/aromatic N) is 1. The first-order chi connectivity index (χ1) is 15.6. The van der Waals surface area contributed by atoms with Gasteiger partial charge in [-0.3, -0.25) is 4.79 Å². The van der Waals surface area contributed by atoms with Crippen LogP contribution in [0.1, 0.15) is 42.7 Å². The zero-order valence-corrected chi connectivity index (χ0v) is 20.2. The van der Waals surface area contributed by atoms with Gasteiger partial charge in [-0.1, -0.05) is 23.7 Å². The van der Waals surface area contributed by atoms with Crippen molar-refractivity contribution in [2.45, 2.75) is 43.9 Å². The highest BCUT2D eigenvalue weighted by molar-refractivity contribution is 7.89. The van der Waals surface area contributed by atoms with E-state index < -0.39 is 28.5 Å². The van der Waals surface area contributed by atoms with Crippen molar-refractivity contribution in [3.05, 3.63) is 64.7 Å². The summed E-state index contributed by atoms with van der Waals surface area (Å²) in [6.07, 6.45) is -0.405. The molecule has 178 valence electrons. The molecular formula is C23H27ClN2O6S. The third kappa shape index (κ3) is 6.54. The summed E-state index contributed by atoms with van der Waals surface area (Å²) in [7, 11) is -3.71. The van der Waals surface area contributed by atoms with Crippen molar-refractivity contribution in [3.8, 4) is 0 Å². The molecule has 2 aromatic carbocycles. The molecule has 10 heteroatoms. The Hall–Kier alpha value is -2.46. The van der Waals surface area contributed by atoms with Crippen LogP contribution in [0, 0.1) is 0 Å². The van der Waals surface area contributed by atoms with Crippen LogP contribution in [0.2, 0.25) is 5.02 Å². The van der Waals surface area contributed by atoms with E-state index in [1.807, 2.05) is 13.8 Å². The number of carbonyl (C=O) groups is 2. The predicted molar refractivity (Wildman–Crippen MR) is 124 cm³/mol. The van der Waals surface area contributed by atoms with Gasteiger partial charge in [0.2, 0.25) is 10.0 Å². The molecule has 0 saturated carbocycles. The summed E-state index contributed by atoms with van der Waals surface area (Å²) in [6, 6.07) is 12.2. The highest BCUT2D eigenvalue weighted by Crippen LogP contribution is 2.22. The highest BCUT2D eigenvalue weighted by atomic mass is 35.5. The van der Waals surface area contributed by atoms with Gasteiger partial charge in [0.05, 0.1) is 28.7 Å². The summed E-state index contributed by atoms with van der Waals surface area (Å²) in [5, 5.41) is 3.34. The zero-order valence-electron chi connectivity index (χ0n) is 18.7. The lowest BCUT2D eigenvalue weighted by Crippen LogP contribution is -2.48. The first kappa shape index (κ1) is 25.2. The number of amides is 1. The van der Waals surface area contributed by atoms with Crippen LogP contribution in [-0.4, -0.2) is 56.5 Å². The third-order valence-electron chi connectivity index (χ3n) is 5.20. The van der Waals surface area contributed by atoms with Crippen LogP contribution in [0.25, 0.3) is 0 Å². The van der Waals surface area contributed by atoms with Gasteiger partial charge in [0, 0.05) is 18.1 Å². The molecule has 1 heterocycles. The first-order valence-electron chi connectivity index (χ1n) is 10.5. The fourth-order valence-electron chi connectivity index (χ4n) is 3.57. The molecule has 1 N–H and O–H groups in total. The molecule has 1 fully saturated rings. The van der Waals surface area contributed by atoms with Crippen LogP contribution in [0.4, 0.5) is 0 Å². The van der Waals surface area contributed by atoms with Gasteiger partial charge in [-0.15, -0.1) is 0 Å². The van der Waals surface area contributed by atoms with Gasteiger partial charge in [-0.25, -0.2) is 13.2 Å². The van der Waals surface area contributed by atoms with Crippen LogP contribution in [0.15, 0.2) is 53.4 Å². The Bertz CT molecular complexity index is 1080. The van der Waals surface area contributed by atoms with Crippen molar-refractivity contribution in [1.82, 2.24) is 9.62 Å². The lowest BCUT2D eigenvalue weighted by molar-refractivity contribution is -0.124. The monoisotopic (exact) mass is 494 g/mol. The molecule has 0 bridgehead atoms. The number of esters is 1. The van der Waals surface area contributed by atoms with Crippen LogP contribution < -0.4 is 5.32 Å². The number of carbonyl (C=O) groups excluding carboxylic acids is 2. The molecule has 1 aliphatic heterocycles. The second-order valence-electron chi connectivity index (χ2n) is 8.02. The summed E-state index contributed by atoms with van der Waals surface area (Å²) in [4.78, 5) is 24.5. The van der Waals surface area contributed by atoms with Gasteiger partial charge in [0.1, 0.15) is 0 Å². The number of hydrogen-bond acceptors (Lipinski definition) is 6. The van der Waals surface area contributed by atoms with E-state index in [9.17, 15) is 18.0 Å². The average Bonchev–Trinajstić information content (AvgIpc) is 2.77. The largest absolute Gasteiger partial charge is 0.452 e. The Labute approximate surface area is 198 Å².